The second kappa shape index (κ2) is 4.84. The normalized spacial score (nSPS) is 11.4. The SMILES string of the molecule is CC(C)c1ccc2oc3cc(C(=O)O)c(N)nc3c(=O)c2c1. The monoisotopic (exact) mass is 298 g/mol. The summed E-state index contributed by atoms with van der Waals surface area (Å²) in [5.41, 5.74) is 6.65. The van der Waals surface area contributed by atoms with Gasteiger partial charge in [0.1, 0.15) is 17.0 Å². The number of benzene rings is 1. The number of nitrogens with two attached hydrogens (primary N) is 1. The van der Waals surface area contributed by atoms with Gasteiger partial charge in [-0.15, -0.1) is 0 Å². The summed E-state index contributed by atoms with van der Waals surface area (Å²) in [5, 5.41) is 9.48. The van der Waals surface area contributed by atoms with Crippen molar-refractivity contribution in [2.75, 3.05) is 5.73 Å². The average molecular weight is 298 g/mol. The number of carboxylic acid groups (broad SMARTS) is 1. The van der Waals surface area contributed by atoms with E-state index in [2.05, 4.69) is 4.98 Å². The van der Waals surface area contributed by atoms with Gasteiger partial charge in [0.25, 0.3) is 0 Å². The Hall–Kier alpha value is -2.89. The molecule has 3 aromatic rings. The van der Waals surface area contributed by atoms with Crippen molar-refractivity contribution < 1.29 is 14.3 Å². The Morgan fingerprint density at radius 2 is 2.00 bits per heavy atom. The molecule has 0 bridgehead atoms. The largest absolute Gasteiger partial charge is 0.478 e. The molecule has 3 N–H and O–H groups in total. The van der Waals surface area contributed by atoms with E-state index in [1.165, 1.54) is 6.07 Å². The molecule has 0 unspecified atom stereocenters. The summed E-state index contributed by atoms with van der Waals surface area (Å²) < 4.78 is 5.63. The van der Waals surface area contributed by atoms with Crippen LogP contribution in [0.15, 0.2) is 33.5 Å². The van der Waals surface area contributed by atoms with Gasteiger partial charge < -0.3 is 15.3 Å². The number of anilines is 1. The Kier molecular flexibility index (Phi) is 3.09. The first-order valence-electron chi connectivity index (χ1n) is 6.78. The quantitative estimate of drug-likeness (QED) is 0.704. The topological polar surface area (TPSA) is 106 Å². The Balaban J connectivity index is 2.41. The summed E-state index contributed by atoms with van der Waals surface area (Å²) in [4.78, 5) is 27.6. The molecule has 0 saturated heterocycles. The number of fused-ring (bicyclic) bond motifs is 2. The van der Waals surface area contributed by atoms with E-state index in [-0.39, 0.29) is 33.8 Å². The summed E-state index contributed by atoms with van der Waals surface area (Å²) in [7, 11) is 0. The predicted octanol–water partition coefficient (Wildman–Crippen LogP) is 2.75. The lowest BCUT2D eigenvalue weighted by molar-refractivity contribution is 0.0697. The van der Waals surface area contributed by atoms with Gasteiger partial charge in [-0.2, -0.15) is 0 Å². The number of rotatable bonds is 2. The number of carboxylic acids is 1. The van der Waals surface area contributed by atoms with Crippen molar-refractivity contribution in [3.05, 3.63) is 45.6 Å². The molecule has 0 fully saturated rings. The van der Waals surface area contributed by atoms with Crippen LogP contribution in [0.5, 0.6) is 0 Å². The van der Waals surface area contributed by atoms with Crippen LogP contribution in [0.1, 0.15) is 35.7 Å². The van der Waals surface area contributed by atoms with Crippen LogP contribution in [0, 0.1) is 0 Å². The van der Waals surface area contributed by atoms with Gasteiger partial charge in [0.05, 0.1) is 5.39 Å². The zero-order valence-corrected chi connectivity index (χ0v) is 12.1. The maximum atomic E-state index is 12.6. The van der Waals surface area contributed by atoms with E-state index >= 15 is 0 Å². The van der Waals surface area contributed by atoms with E-state index in [9.17, 15) is 9.59 Å². The number of pyridine rings is 1. The summed E-state index contributed by atoms with van der Waals surface area (Å²) in [6.07, 6.45) is 0. The minimum absolute atomic E-state index is 0.0379. The Labute approximate surface area is 125 Å². The van der Waals surface area contributed by atoms with Gasteiger partial charge in [0.2, 0.25) is 5.43 Å². The van der Waals surface area contributed by atoms with Crippen LogP contribution in [0.4, 0.5) is 5.82 Å². The lowest BCUT2D eigenvalue weighted by atomic mass is 10.0. The number of nitrogens with zero attached hydrogens (tertiary/aromatic N) is 1. The van der Waals surface area contributed by atoms with Crippen LogP contribution in [0.3, 0.4) is 0 Å². The van der Waals surface area contributed by atoms with Crippen molar-refractivity contribution in [3.8, 4) is 0 Å². The third kappa shape index (κ3) is 2.09. The lowest BCUT2D eigenvalue weighted by Gasteiger charge is -2.08. The molecule has 0 amide bonds. The molecular formula is C16H14N2O4. The van der Waals surface area contributed by atoms with Gasteiger partial charge in [0, 0.05) is 6.07 Å². The molecule has 6 nitrogen and oxygen atoms in total. The van der Waals surface area contributed by atoms with Crippen molar-refractivity contribution in [1.82, 2.24) is 4.98 Å². The highest BCUT2D eigenvalue weighted by atomic mass is 16.4. The summed E-state index contributed by atoms with van der Waals surface area (Å²) in [5.74, 6) is -1.15. The van der Waals surface area contributed by atoms with Gasteiger partial charge in [-0.25, -0.2) is 9.78 Å². The molecule has 2 aromatic heterocycles. The lowest BCUT2D eigenvalue weighted by Crippen LogP contribution is -2.10. The fourth-order valence-corrected chi connectivity index (χ4v) is 2.34. The molecule has 0 radical (unpaired) electrons. The summed E-state index contributed by atoms with van der Waals surface area (Å²) in [6.45, 7) is 4.05. The standard InChI is InChI=1S/C16H14N2O4/c1-7(2)8-3-4-11-9(5-8)14(19)13-12(22-11)6-10(16(20)21)15(17)18-13/h3-7H,1-2H3,(H2,17,18)(H,20,21). The Morgan fingerprint density at radius 3 is 2.64 bits per heavy atom. The number of nitrogen functional groups attached to an aromatic ring is 1. The van der Waals surface area contributed by atoms with Crippen LogP contribution in [0.25, 0.3) is 22.1 Å². The molecule has 0 saturated carbocycles. The number of aromatic nitrogens is 1. The third-order valence-electron chi connectivity index (χ3n) is 3.60. The van der Waals surface area contributed by atoms with E-state index in [1.54, 1.807) is 12.1 Å². The average Bonchev–Trinajstić information content (AvgIpc) is 2.47. The maximum absolute atomic E-state index is 12.6. The third-order valence-corrected chi connectivity index (χ3v) is 3.60. The summed E-state index contributed by atoms with van der Waals surface area (Å²) in [6, 6.07) is 6.60. The molecule has 1 aromatic carbocycles. The fourth-order valence-electron chi connectivity index (χ4n) is 2.34. The molecular weight excluding hydrogens is 284 g/mol. The molecule has 0 aliphatic heterocycles. The maximum Gasteiger partial charge on any atom is 0.339 e. The van der Waals surface area contributed by atoms with Crippen molar-refractivity contribution >= 4 is 33.9 Å². The second-order valence-corrected chi connectivity index (χ2v) is 5.41. The molecule has 22 heavy (non-hydrogen) atoms. The fraction of sp³-hybridized carbons (Fsp3) is 0.188. The highest BCUT2D eigenvalue weighted by Crippen LogP contribution is 2.24. The van der Waals surface area contributed by atoms with Gasteiger partial charge in [0.15, 0.2) is 11.1 Å². The van der Waals surface area contributed by atoms with E-state index in [1.807, 2.05) is 19.9 Å². The van der Waals surface area contributed by atoms with Crippen molar-refractivity contribution in [3.63, 3.8) is 0 Å². The van der Waals surface area contributed by atoms with Crippen LogP contribution < -0.4 is 11.2 Å². The zero-order chi connectivity index (χ0) is 16.0. The van der Waals surface area contributed by atoms with Crippen molar-refractivity contribution in [2.45, 2.75) is 19.8 Å². The highest BCUT2D eigenvalue weighted by Gasteiger charge is 2.16. The zero-order valence-electron chi connectivity index (χ0n) is 12.1. The van der Waals surface area contributed by atoms with Crippen LogP contribution in [-0.2, 0) is 0 Å². The minimum atomic E-state index is -1.22. The van der Waals surface area contributed by atoms with E-state index in [0.29, 0.717) is 11.0 Å². The number of aromatic carboxylic acids is 1. The van der Waals surface area contributed by atoms with Crippen LogP contribution >= 0.6 is 0 Å². The number of carbonyl (C=O) groups is 1. The molecule has 2 heterocycles. The molecule has 6 heteroatoms. The van der Waals surface area contributed by atoms with Crippen LogP contribution in [-0.4, -0.2) is 16.1 Å². The Morgan fingerprint density at radius 1 is 1.27 bits per heavy atom. The second-order valence-electron chi connectivity index (χ2n) is 5.41. The van der Waals surface area contributed by atoms with E-state index < -0.39 is 5.97 Å². The number of hydrogen-bond acceptors (Lipinski definition) is 5. The highest BCUT2D eigenvalue weighted by molar-refractivity contribution is 5.98. The molecule has 0 spiro atoms. The molecule has 112 valence electrons. The van der Waals surface area contributed by atoms with E-state index in [4.69, 9.17) is 15.3 Å². The molecule has 0 aliphatic carbocycles. The summed E-state index contributed by atoms with van der Waals surface area (Å²) >= 11 is 0. The Bertz CT molecular complexity index is 973. The minimum Gasteiger partial charge on any atom is -0.478 e. The van der Waals surface area contributed by atoms with Gasteiger partial charge in [-0.1, -0.05) is 19.9 Å². The molecule has 0 atom stereocenters. The molecule has 3 rings (SSSR count). The number of hydrogen-bond donors (Lipinski definition) is 2. The van der Waals surface area contributed by atoms with Crippen molar-refractivity contribution in [1.29, 1.82) is 0 Å². The van der Waals surface area contributed by atoms with E-state index in [0.717, 1.165) is 5.56 Å². The van der Waals surface area contributed by atoms with Gasteiger partial charge in [-0.05, 0) is 23.6 Å². The van der Waals surface area contributed by atoms with Crippen LogP contribution in [0.2, 0.25) is 0 Å². The molecule has 0 aliphatic rings. The van der Waals surface area contributed by atoms with Gasteiger partial charge >= 0.3 is 5.97 Å². The first kappa shape index (κ1) is 14.1. The van der Waals surface area contributed by atoms with Crippen molar-refractivity contribution in [2.24, 2.45) is 0 Å². The smallest absolute Gasteiger partial charge is 0.339 e. The first-order valence-corrected chi connectivity index (χ1v) is 6.78. The first-order chi connectivity index (χ1) is 10.4. The van der Waals surface area contributed by atoms with Gasteiger partial charge in [-0.3, -0.25) is 4.79 Å². The predicted molar refractivity (Wildman–Crippen MR) is 83.2 cm³/mol.